The van der Waals surface area contributed by atoms with Gasteiger partial charge in [0.05, 0.1) is 16.5 Å². The first kappa shape index (κ1) is 22.5. The molecule has 0 aliphatic carbocycles. The Balaban J connectivity index is 1.79. The second-order valence-electron chi connectivity index (χ2n) is 6.17. The topological polar surface area (TPSA) is 150 Å². The third kappa shape index (κ3) is 3.93. The molecular weight excluding hydrogens is 498 g/mol. The Hall–Kier alpha value is -3.19. The molecule has 162 valence electrons. The number of rotatable bonds is 9. The Morgan fingerprint density at radius 3 is 2.32 bits per heavy atom. The Morgan fingerprint density at radius 2 is 1.81 bits per heavy atom. The highest BCUT2D eigenvalue weighted by atomic mass is 79.9. The van der Waals surface area contributed by atoms with Crippen LogP contribution >= 0.6 is 27.7 Å². The molecule has 11 nitrogen and oxygen atoms in total. The number of aliphatic hydroxyl groups excluding tert-OH is 1. The first-order valence-electron chi connectivity index (χ1n) is 8.59. The van der Waals surface area contributed by atoms with Gasteiger partial charge in [-0.15, -0.1) is 0 Å². The Bertz CT molecular complexity index is 978. The number of hydrogen-bond acceptors (Lipinski definition) is 9. The average Bonchev–Trinajstić information content (AvgIpc) is 3.02. The van der Waals surface area contributed by atoms with E-state index in [0.29, 0.717) is 22.3 Å². The lowest BCUT2D eigenvalue weighted by Gasteiger charge is -2.45. The van der Waals surface area contributed by atoms with Crippen LogP contribution in [0.5, 0.6) is 0 Å². The van der Waals surface area contributed by atoms with Crippen molar-refractivity contribution >= 4 is 63.4 Å². The number of amides is 4. The van der Waals surface area contributed by atoms with Crippen LogP contribution < -0.4 is 5.32 Å². The fourth-order valence-electron chi connectivity index (χ4n) is 3.09. The van der Waals surface area contributed by atoms with Crippen LogP contribution in [0.15, 0.2) is 35.7 Å². The first-order chi connectivity index (χ1) is 14.9. The van der Waals surface area contributed by atoms with Crippen molar-refractivity contribution in [3.63, 3.8) is 0 Å². The molecule has 0 bridgehead atoms. The van der Waals surface area contributed by atoms with E-state index >= 15 is 0 Å². The van der Waals surface area contributed by atoms with E-state index in [0.717, 1.165) is 4.90 Å². The van der Waals surface area contributed by atoms with Crippen LogP contribution in [0.2, 0.25) is 0 Å². The number of benzene rings is 1. The van der Waals surface area contributed by atoms with Gasteiger partial charge in [-0.2, -0.15) is 0 Å². The van der Waals surface area contributed by atoms with Crippen molar-refractivity contribution in [2.45, 2.75) is 11.4 Å². The number of hydrogen-bond donors (Lipinski definition) is 2. The summed E-state index contributed by atoms with van der Waals surface area (Å²) in [6, 6.07) is 4.99. The van der Waals surface area contributed by atoms with E-state index < -0.39 is 53.3 Å². The number of imide groups is 1. The lowest BCUT2D eigenvalue weighted by Crippen LogP contribution is -2.68. The predicted molar refractivity (Wildman–Crippen MR) is 109 cm³/mol. The van der Waals surface area contributed by atoms with E-state index in [1.54, 1.807) is 12.1 Å². The predicted octanol–water partition coefficient (Wildman–Crippen LogP) is 0.154. The lowest BCUT2D eigenvalue weighted by molar-refractivity contribution is -0.153. The molecular formula is C18H14BrN3O8S. The summed E-state index contributed by atoms with van der Waals surface area (Å²) in [5.41, 5.74) is 0.148. The van der Waals surface area contributed by atoms with Crippen LogP contribution in [0.25, 0.3) is 0 Å². The Labute approximate surface area is 187 Å². The number of alkyl halides is 1. The fourth-order valence-corrected chi connectivity index (χ4v) is 4.15. The van der Waals surface area contributed by atoms with Crippen molar-refractivity contribution in [2.75, 3.05) is 12.1 Å². The summed E-state index contributed by atoms with van der Waals surface area (Å²) in [5.74, 6) is -3.86. The minimum atomic E-state index is -1.21. The highest BCUT2D eigenvalue weighted by molar-refractivity contribution is 9.09. The molecule has 0 radical (unpaired) electrons. The number of β-lactam (4-membered cyclic amide) rings is 1. The molecule has 0 aromatic heterocycles. The summed E-state index contributed by atoms with van der Waals surface area (Å²) < 4.78 is 5.04. The quantitative estimate of drug-likeness (QED) is 0.0897. The molecule has 0 spiro atoms. The molecule has 0 saturated carbocycles. The molecule has 2 heterocycles. The Kier molecular flexibility index (Phi) is 6.75. The van der Waals surface area contributed by atoms with Crippen molar-refractivity contribution in [1.82, 2.24) is 15.1 Å². The number of likely N-dealkylation sites (tertiary alicyclic amines) is 1. The van der Waals surface area contributed by atoms with Gasteiger partial charge < -0.3 is 15.2 Å². The van der Waals surface area contributed by atoms with Gasteiger partial charge in [0.2, 0.25) is 6.41 Å². The van der Waals surface area contributed by atoms with Gasteiger partial charge in [-0.3, -0.25) is 28.9 Å². The molecule has 1 saturated heterocycles. The number of carbonyl (C=O) groups is 6. The molecule has 13 heteroatoms. The van der Waals surface area contributed by atoms with Gasteiger partial charge in [0.1, 0.15) is 17.2 Å². The Morgan fingerprint density at radius 1 is 1.19 bits per heavy atom. The van der Waals surface area contributed by atoms with E-state index in [9.17, 15) is 33.9 Å². The molecule has 31 heavy (non-hydrogen) atoms. The van der Waals surface area contributed by atoms with E-state index in [1.165, 1.54) is 12.1 Å². The zero-order valence-electron chi connectivity index (χ0n) is 15.5. The molecule has 1 fully saturated rings. The maximum atomic E-state index is 12.7. The van der Waals surface area contributed by atoms with Gasteiger partial charge in [0.25, 0.3) is 17.7 Å². The minimum Gasteiger partial charge on any atom is -0.509 e. The van der Waals surface area contributed by atoms with Crippen LogP contribution in [0.4, 0.5) is 0 Å². The summed E-state index contributed by atoms with van der Waals surface area (Å²) in [6.07, 6.45) is 0.270. The van der Waals surface area contributed by atoms with Crippen LogP contribution in [-0.4, -0.2) is 74.1 Å². The van der Waals surface area contributed by atoms with Gasteiger partial charge in [0, 0.05) is 0 Å². The van der Waals surface area contributed by atoms with Gasteiger partial charge >= 0.3 is 5.97 Å². The smallest absolute Gasteiger partial charge is 0.360 e. The maximum Gasteiger partial charge on any atom is 0.360 e. The molecule has 3 rings (SSSR count). The minimum absolute atomic E-state index is 0.158. The SMILES string of the molecule is O=CNC1C(=O)N(/C(C(=O)OCN2C(=O)c3ccccc3C2=O)=C(/O)CBr)C1SC=O. The van der Waals surface area contributed by atoms with Crippen LogP contribution in [0, 0.1) is 0 Å². The summed E-state index contributed by atoms with van der Waals surface area (Å²) in [4.78, 5) is 73.0. The zero-order chi connectivity index (χ0) is 22.7. The zero-order valence-corrected chi connectivity index (χ0v) is 17.9. The van der Waals surface area contributed by atoms with E-state index in [-0.39, 0.29) is 22.9 Å². The summed E-state index contributed by atoms with van der Waals surface area (Å²) in [6.45, 7) is -0.756. The number of esters is 1. The first-order valence-corrected chi connectivity index (χ1v) is 10.7. The molecule has 4 amide bonds. The van der Waals surface area contributed by atoms with E-state index in [4.69, 9.17) is 4.74 Å². The summed E-state index contributed by atoms with van der Waals surface area (Å²) >= 11 is 3.57. The monoisotopic (exact) mass is 511 g/mol. The van der Waals surface area contributed by atoms with Crippen molar-refractivity contribution in [3.8, 4) is 0 Å². The largest absolute Gasteiger partial charge is 0.509 e. The molecule has 2 unspecified atom stereocenters. The molecule has 2 aliphatic heterocycles. The highest BCUT2D eigenvalue weighted by Gasteiger charge is 2.52. The maximum absolute atomic E-state index is 12.7. The number of allylic oxidation sites excluding steroid dienone is 1. The summed E-state index contributed by atoms with van der Waals surface area (Å²) in [5, 5.41) is 11.2. The van der Waals surface area contributed by atoms with Crippen LogP contribution in [0.3, 0.4) is 0 Å². The van der Waals surface area contributed by atoms with Crippen LogP contribution in [-0.2, 0) is 23.9 Å². The third-order valence-electron chi connectivity index (χ3n) is 4.52. The molecule has 2 aliphatic rings. The second-order valence-corrected chi connectivity index (χ2v) is 7.68. The summed E-state index contributed by atoms with van der Waals surface area (Å²) in [7, 11) is 0. The molecule has 1 aromatic rings. The number of fused-ring (bicyclic) bond motifs is 1. The van der Waals surface area contributed by atoms with Gasteiger partial charge in [-0.25, -0.2) is 9.69 Å². The number of nitrogens with zero attached hydrogens (tertiary/aromatic N) is 2. The standard InChI is InChI=1S/C18H14BrN3O8S/c19-5-11(25)13(22-16(28)12(20-6-23)17(22)31-8-24)18(29)30-7-21-14(26)9-3-1-2-4-10(9)15(21)27/h1-4,6,8,12,17,25H,5,7H2,(H,20,23)/b13-11+. The molecule has 1 aromatic carbocycles. The third-order valence-corrected chi connectivity index (χ3v) is 5.93. The fraction of sp³-hybridized carbons (Fsp3) is 0.222. The van der Waals surface area contributed by atoms with Crippen LogP contribution in [0.1, 0.15) is 20.7 Å². The van der Waals surface area contributed by atoms with Crippen molar-refractivity contribution in [1.29, 1.82) is 0 Å². The van der Waals surface area contributed by atoms with Crippen molar-refractivity contribution in [2.24, 2.45) is 0 Å². The van der Waals surface area contributed by atoms with Gasteiger partial charge in [0.15, 0.2) is 18.0 Å². The number of ether oxygens (including phenoxy) is 1. The molecule has 2 atom stereocenters. The lowest BCUT2D eigenvalue weighted by atomic mass is 10.1. The average molecular weight is 512 g/mol. The number of nitrogens with one attached hydrogen (secondary N) is 1. The molecule has 2 N–H and O–H groups in total. The van der Waals surface area contributed by atoms with E-state index in [1.807, 2.05) is 0 Å². The second kappa shape index (κ2) is 9.31. The van der Waals surface area contributed by atoms with Crippen molar-refractivity contribution < 1.29 is 38.6 Å². The number of aliphatic hydroxyl groups is 1. The van der Waals surface area contributed by atoms with Gasteiger partial charge in [-0.05, 0) is 12.1 Å². The van der Waals surface area contributed by atoms with Crippen molar-refractivity contribution in [3.05, 3.63) is 46.8 Å². The normalized spacial score (nSPS) is 20.6. The van der Waals surface area contributed by atoms with E-state index in [2.05, 4.69) is 21.2 Å². The number of thioether (sulfide) groups is 1. The highest BCUT2D eigenvalue weighted by Crippen LogP contribution is 2.34. The number of halogens is 1. The number of carbonyl (C=O) groups excluding carboxylic acids is 6. The van der Waals surface area contributed by atoms with Gasteiger partial charge in [-0.1, -0.05) is 39.8 Å².